The number of aryl methyl sites for hydroxylation is 1. The second kappa shape index (κ2) is 6.01. The Morgan fingerprint density at radius 3 is 2.31 bits per heavy atom. The maximum Gasteiger partial charge on any atom is 0.0503 e. The van der Waals surface area contributed by atoms with E-state index in [1.54, 1.807) is 0 Å². The van der Waals surface area contributed by atoms with Crippen LogP contribution in [0.3, 0.4) is 0 Å². The largest absolute Gasteiger partial charge is 0.0622 e. The van der Waals surface area contributed by atoms with Gasteiger partial charge in [0.1, 0.15) is 0 Å². The molecule has 70 valence electrons. The predicted molar refractivity (Wildman–Crippen MR) is 75.5 cm³/mol. The Labute approximate surface area is 107 Å². The normalized spacial score (nSPS) is 9.77. The van der Waals surface area contributed by atoms with Gasteiger partial charge in [-0.05, 0) is 70.5 Å². The monoisotopic (exact) mass is 398 g/mol. The highest BCUT2D eigenvalue weighted by molar-refractivity contribution is 14.2. The molecule has 0 atom stereocenters. The Morgan fingerprint density at radius 2 is 1.77 bits per heavy atom. The molecule has 0 nitrogen and oxygen atoms in total. The SMILES string of the molecule is CC(CCc1ccccc1)=C(I)I. The quantitative estimate of drug-likeness (QED) is 0.647. The number of allylic oxidation sites excluding steroid dienone is 1. The Kier molecular flexibility index (Phi) is 5.31. The van der Waals surface area contributed by atoms with E-state index in [2.05, 4.69) is 82.4 Å². The van der Waals surface area contributed by atoms with Gasteiger partial charge in [-0.25, -0.2) is 0 Å². The van der Waals surface area contributed by atoms with Crippen molar-refractivity contribution in [3.63, 3.8) is 0 Å². The molecule has 13 heavy (non-hydrogen) atoms. The Morgan fingerprint density at radius 1 is 1.15 bits per heavy atom. The molecule has 0 heterocycles. The van der Waals surface area contributed by atoms with E-state index >= 15 is 0 Å². The molecule has 2 heteroatoms. The van der Waals surface area contributed by atoms with Crippen LogP contribution in [0.15, 0.2) is 37.5 Å². The van der Waals surface area contributed by atoms with E-state index in [9.17, 15) is 0 Å². The number of halogens is 2. The van der Waals surface area contributed by atoms with Crippen molar-refractivity contribution >= 4 is 45.2 Å². The van der Waals surface area contributed by atoms with Crippen LogP contribution in [0.4, 0.5) is 0 Å². The summed E-state index contributed by atoms with van der Waals surface area (Å²) in [5, 5.41) is 0. The lowest BCUT2D eigenvalue weighted by molar-refractivity contribution is 0.944. The van der Waals surface area contributed by atoms with Crippen molar-refractivity contribution in [3.8, 4) is 0 Å². The molecule has 0 amide bonds. The summed E-state index contributed by atoms with van der Waals surface area (Å²) in [7, 11) is 0. The molecule has 0 saturated heterocycles. The highest BCUT2D eigenvalue weighted by atomic mass is 127. The molecule has 0 spiro atoms. The van der Waals surface area contributed by atoms with Crippen LogP contribution in [-0.2, 0) is 6.42 Å². The van der Waals surface area contributed by atoms with Gasteiger partial charge in [-0.3, -0.25) is 0 Å². The highest BCUT2D eigenvalue weighted by Crippen LogP contribution is 2.23. The van der Waals surface area contributed by atoms with Crippen LogP contribution in [0.25, 0.3) is 0 Å². The first-order valence-electron chi connectivity index (χ1n) is 4.25. The first-order chi connectivity index (χ1) is 6.20. The summed E-state index contributed by atoms with van der Waals surface area (Å²) in [5.41, 5.74) is 2.92. The molecule has 0 aliphatic carbocycles. The molecule has 0 N–H and O–H groups in total. The maximum atomic E-state index is 2.38. The Balaban J connectivity index is 2.49. The van der Waals surface area contributed by atoms with E-state index in [1.807, 2.05) is 0 Å². The minimum Gasteiger partial charge on any atom is -0.0622 e. The van der Waals surface area contributed by atoms with Crippen LogP contribution >= 0.6 is 45.2 Å². The van der Waals surface area contributed by atoms with Gasteiger partial charge in [0.25, 0.3) is 0 Å². The minimum atomic E-state index is 1.15. The highest BCUT2D eigenvalue weighted by Gasteiger charge is 1.96. The van der Waals surface area contributed by atoms with Gasteiger partial charge < -0.3 is 0 Å². The van der Waals surface area contributed by atoms with E-state index in [0.29, 0.717) is 0 Å². The first kappa shape index (κ1) is 11.5. The minimum absolute atomic E-state index is 1.15. The fraction of sp³-hybridized carbons (Fsp3) is 0.273. The molecule has 1 rings (SSSR count). The van der Waals surface area contributed by atoms with Gasteiger partial charge in [-0.1, -0.05) is 35.9 Å². The fourth-order valence-corrected chi connectivity index (χ4v) is 1.61. The number of benzene rings is 1. The van der Waals surface area contributed by atoms with E-state index < -0.39 is 0 Å². The van der Waals surface area contributed by atoms with Crippen molar-refractivity contribution in [2.45, 2.75) is 19.8 Å². The number of rotatable bonds is 3. The zero-order chi connectivity index (χ0) is 9.68. The third-order valence-electron chi connectivity index (χ3n) is 1.95. The van der Waals surface area contributed by atoms with Crippen LogP contribution in [0.2, 0.25) is 0 Å². The lowest BCUT2D eigenvalue weighted by atomic mass is 10.1. The van der Waals surface area contributed by atoms with Crippen molar-refractivity contribution in [1.82, 2.24) is 0 Å². The van der Waals surface area contributed by atoms with Crippen LogP contribution in [0.5, 0.6) is 0 Å². The maximum absolute atomic E-state index is 2.38. The molecular formula is C11H12I2. The van der Waals surface area contributed by atoms with E-state index in [4.69, 9.17) is 0 Å². The lowest BCUT2D eigenvalue weighted by Crippen LogP contribution is -1.85. The molecule has 1 aromatic carbocycles. The summed E-state index contributed by atoms with van der Waals surface area (Å²) in [5.74, 6) is 0. The molecule has 0 aliphatic heterocycles. The van der Waals surface area contributed by atoms with Gasteiger partial charge in [0.2, 0.25) is 0 Å². The van der Waals surface area contributed by atoms with Gasteiger partial charge in [0.15, 0.2) is 0 Å². The van der Waals surface area contributed by atoms with Crippen LogP contribution < -0.4 is 0 Å². The lowest BCUT2D eigenvalue weighted by Gasteiger charge is -2.02. The molecule has 0 saturated carbocycles. The summed E-state index contributed by atoms with van der Waals surface area (Å²) in [4.78, 5) is 0. The van der Waals surface area contributed by atoms with Crippen molar-refractivity contribution < 1.29 is 0 Å². The third-order valence-corrected chi connectivity index (χ3v) is 3.80. The van der Waals surface area contributed by atoms with E-state index in [-0.39, 0.29) is 0 Å². The van der Waals surface area contributed by atoms with Gasteiger partial charge >= 0.3 is 0 Å². The van der Waals surface area contributed by atoms with Gasteiger partial charge in [-0.15, -0.1) is 0 Å². The molecule has 1 aromatic rings. The van der Waals surface area contributed by atoms with Crippen LogP contribution in [0.1, 0.15) is 18.9 Å². The van der Waals surface area contributed by atoms with Crippen molar-refractivity contribution in [2.75, 3.05) is 0 Å². The topological polar surface area (TPSA) is 0 Å². The zero-order valence-electron chi connectivity index (χ0n) is 7.56. The summed E-state index contributed by atoms with van der Waals surface area (Å²) < 4.78 is 1.39. The molecule has 0 aromatic heterocycles. The molecule has 0 aliphatic rings. The number of hydrogen-bond acceptors (Lipinski definition) is 0. The van der Waals surface area contributed by atoms with Gasteiger partial charge in [0, 0.05) is 0 Å². The second-order valence-corrected chi connectivity index (χ2v) is 7.25. The molecule has 0 unspecified atom stereocenters. The molecule has 0 bridgehead atoms. The smallest absolute Gasteiger partial charge is 0.0503 e. The third kappa shape index (κ3) is 4.44. The van der Waals surface area contributed by atoms with E-state index in [1.165, 1.54) is 19.1 Å². The molecule has 0 fully saturated rings. The van der Waals surface area contributed by atoms with Crippen molar-refractivity contribution in [3.05, 3.63) is 43.1 Å². The Hall–Kier alpha value is 0.420. The summed E-state index contributed by atoms with van der Waals surface area (Å²) in [6, 6.07) is 10.6. The standard InChI is InChI=1S/C11H12I2/c1-9(11(12)13)7-8-10-5-3-2-4-6-10/h2-6H,7-8H2,1H3. The summed E-state index contributed by atoms with van der Waals surface area (Å²) in [6.07, 6.45) is 2.33. The van der Waals surface area contributed by atoms with Gasteiger partial charge in [-0.2, -0.15) is 0 Å². The first-order valence-corrected chi connectivity index (χ1v) is 6.40. The summed E-state index contributed by atoms with van der Waals surface area (Å²) >= 11 is 4.75. The molecule has 0 radical (unpaired) electrons. The van der Waals surface area contributed by atoms with Crippen molar-refractivity contribution in [2.24, 2.45) is 0 Å². The predicted octanol–water partition coefficient (Wildman–Crippen LogP) is 4.72. The fourth-order valence-electron chi connectivity index (χ4n) is 1.07. The van der Waals surface area contributed by atoms with Gasteiger partial charge in [0.05, 0.1) is 1.59 Å². The average molecular weight is 398 g/mol. The average Bonchev–Trinajstić information content (AvgIpc) is 2.15. The van der Waals surface area contributed by atoms with Crippen molar-refractivity contribution in [1.29, 1.82) is 0 Å². The Bertz CT molecular complexity index is 284. The summed E-state index contributed by atoms with van der Waals surface area (Å²) in [6.45, 7) is 2.21. The molecular weight excluding hydrogens is 386 g/mol. The zero-order valence-corrected chi connectivity index (χ0v) is 11.9. The van der Waals surface area contributed by atoms with Crippen LogP contribution in [0, 0.1) is 0 Å². The van der Waals surface area contributed by atoms with Crippen LogP contribution in [-0.4, -0.2) is 0 Å². The number of hydrogen-bond donors (Lipinski definition) is 0. The second-order valence-electron chi connectivity index (χ2n) is 3.03. The van der Waals surface area contributed by atoms with E-state index in [0.717, 1.165) is 6.42 Å².